The molecule has 2 aromatic carbocycles. The maximum atomic E-state index is 13.6. The quantitative estimate of drug-likeness (QED) is 0.600. The first kappa shape index (κ1) is 24.0. The third-order valence-electron chi connectivity index (χ3n) is 5.66. The standard InChI is InChI=1S/C22H26BNO7S/c1-13(2)20(22(26)27)24(11-15-5-8-17(9-6-15)32(4,29)30)21(25)18-10-7-16-12-31-23(28)19(16)14(18)3/h5-10,13,20,28H,11-12H2,1-4H3,(H,26,27). The van der Waals surface area contributed by atoms with Gasteiger partial charge >= 0.3 is 13.1 Å². The predicted octanol–water partition coefficient (Wildman–Crippen LogP) is 1.37. The summed E-state index contributed by atoms with van der Waals surface area (Å²) in [6.07, 6.45) is 1.10. The van der Waals surface area contributed by atoms with Gasteiger partial charge in [-0.25, -0.2) is 13.2 Å². The van der Waals surface area contributed by atoms with E-state index in [1.54, 1.807) is 45.0 Å². The Morgan fingerprint density at radius 1 is 1.16 bits per heavy atom. The van der Waals surface area contributed by atoms with E-state index < -0.39 is 34.9 Å². The number of carbonyl (C=O) groups is 2. The van der Waals surface area contributed by atoms with Gasteiger partial charge in [-0.3, -0.25) is 4.79 Å². The topological polar surface area (TPSA) is 121 Å². The molecule has 1 amide bonds. The molecule has 0 bridgehead atoms. The number of aliphatic carboxylic acids is 1. The van der Waals surface area contributed by atoms with Crippen LogP contribution >= 0.6 is 0 Å². The monoisotopic (exact) mass is 459 g/mol. The molecule has 1 unspecified atom stereocenters. The third-order valence-corrected chi connectivity index (χ3v) is 6.79. The van der Waals surface area contributed by atoms with Crippen LogP contribution in [0.3, 0.4) is 0 Å². The average Bonchev–Trinajstić information content (AvgIpc) is 3.08. The molecule has 2 aromatic rings. The Kier molecular flexibility index (Phi) is 6.78. The summed E-state index contributed by atoms with van der Waals surface area (Å²) in [4.78, 5) is 27.1. The van der Waals surface area contributed by atoms with Crippen LogP contribution in [0.1, 0.15) is 40.9 Å². The highest BCUT2D eigenvalue weighted by atomic mass is 32.2. The summed E-state index contributed by atoms with van der Waals surface area (Å²) in [6, 6.07) is 8.24. The fourth-order valence-electron chi connectivity index (χ4n) is 4.01. The summed E-state index contributed by atoms with van der Waals surface area (Å²) in [5.74, 6) is -2.00. The van der Waals surface area contributed by atoms with Crippen LogP contribution in [0.25, 0.3) is 0 Å². The minimum absolute atomic E-state index is 0.0202. The van der Waals surface area contributed by atoms with Crippen molar-refractivity contribution in [3.63, 3.8) is 0 Å². The van der Waals surface area contributed by atoms with Crippen LogP contribution in [-0.2, 0) is 32.4 Å². The van der Waals surface area contributed by atoms with E-state index in [0.717, 1.165) is 11.8 Å². The van der Waals surface area contributed by atoms with Crippen molar-refractivity contribution in [1.29, 1.82) is 0 Å². The highest BCUT2D eigenvalue weighted by Crippen LogP contribution is 2.23. The molecule has 8 nitrogen and oxygen atoms in total. The van der Waals surface area contributed by atoms with Gasteiger partial charge in [-0.15, -0.1) is 0 Å². The molecule has 1 heterocycles. The molecule has 0 saturated heterocycles. The van der Waals surface area contributed by atoms with E-state index in [1.165, 1.54) is 17.0 Å². The van der Waals surface area contributed by atoms with Crippen LogP contribution in [-0.4, -0.2) is 54.7 Å². The van der Waals surface area contributed by atoms with E-state index >= 15 is 0 Å². The van der Waals surface area contributed by atoms with Gasteiger partial charge in [-0.05, 0) is 53.2 Å². The van der Waals surface area contributed by atoms with Gasteiger partial charge in [-0.1, -0.05) is 32.0 Å². The van der Waals surface area contributed by atoms with Crippen molar-refractivity contribution in [2.24, 2.45) is 5.92 Å². The van der Waals surface area contributed by atoms with Crippen LogP contribution in [0.15, 0.2) is 41.3 Å². The van der Waals surface area contributed by atoms with E-state index in [2.05, 4.69) is 0 Å². The number of sulfone groups is 1. The Morgan fingerprint density at radius 2 is 1.78 bits per heavy atom. The Balaban J connectivity index is 2.03. The zero-order chi connectivity index (χ0) is 23.8. The molecule has 0 spiro atoms. The highest BCUT2D eigenvalue weighted by molar-refractivity contribution is 7.90. The second-order valence-corrected chi connectivity index (χ2v) is 10.4. The summed E-state index contributed by atoms with van der Waals surface area (Å²) < 4.78 is 28.7. The van der Waals surface area contributed by atoms with Gasteiger partial charge in [0.1, 0.15) is 6.04 Å². The highest BCUT2D eigenvalue weighted by Gasteiger charge is 2.36. The lowest BCUT2D eigenvalue weighted by Crippen LogP contribution is -2.48. The zero-order valence-electron chi connectivity index (χ0n) is 18.4. The van der Waals surface area contributed by atoms with Gasteiger partial charge < -0.3 is 19.7 Å². The molecular formula is C22H26BNO7S. The number of carboxylic acid groups (broad SMARTS) is 1. The SMILES string of the molecule is Cc1c(C(=O)N(Cc2ccc(S(C)(=O)=O)cc2)C(C(=O)O)C(C)C)ccc2c1B(O)OC2. The fourth-order valence-corrected chi connectivity index (χ4v) is 4.64. The van der Waals surface area contributed by atoms with Crippen LogP contribution in [0.4, 0.5) is 0 Å². The predicted molar refractivity (Wildman–Crippen MR) is 119 cm³/mol. The fraction of sp³-hybridized carbons (Fsp3) is 0.364. The lowest BCUT2D eigenvalue weighted by atomic mass is 9.75. The van der Waals surface area contributed by atoms with Crippen LogP contribution < -0.4 is 5.46 Å². The molecule has 1 aliphatic heterocycles. The number of hydrogen-bond donors (Lipinski definition) is 2. The molecule has 1 atom stereocenters. The molecule has 10 heteroatoms. The van der Waals surface area contributed by atoms with E-state index in [4.69, 9.17) is 4.65 Å². The molecule has 0 aromatic heterocycles. The number of fused-ring (bicyclic) bond motifs is 1. The van der Waals surface area contributed by atoms with Gasteiger partial charge in [0, 0.05) is 18.4 Å². The lowest BCUT2D eigenvalue weighted by molar-refractivity contribution is -0.144. The first-order valence-corrected chi connectivity index (χ1v) is 12.1. The minimum atomic E-state index is -3.38. The Labute approximate surface area is 187 Å². The number of nitrogens with zero attached hydrogens (tertiary/aromatic N) is 1. The van der Waals surface area contributed by atoms with Crippen LogP contribution in [0.5, 0.6) is 0 Å². The summed E-state index contributed by atoms with van der Waals surface area (Å²) in [5, 5.41) is 20.0. The minimum Gasteiger partial charge on any atom is -0.480 e. The molecule has 170 valence electrons. The number of rotatable bonds is 7. The number of carbonyl (C=O) groups excluding carboxylic acids is 1. The van der Waals surface area contributed by atoms with Crippen molar-refractivity contribution in [3.8, 4) is 0 Å². The van der Waals surface area contributed by atoms with Gasteiger partial charge in [0.2, 0.25) is 0 Å². The number of amides is 1. The van der Waals surface area contributed by atoms with Crippen molar-refractivity contribution >= 4 is 34.3 Å². The summed E-state index contributed by atoms with van der Waals surface area (Å²) in [5.41, 5.74) is 2.74. The van der Waals surface area contributed by atoms with Crippen molar-refractivity contribution in [2.75, 3.05) is 6.26 Å². The van der Waals surface area contributed by atoms with E-state index in [1.807, 2.05) is 0 Å². The maximum Gasteiger partial charge on any atom is 0.492 e. The Hall–Kier alpha value is -2.69. The van der Waals surface area contributed by atoms with Crippen molar-refractivity contribution in [3.05, 3.63) is 58.7 Å². The van der Waals surface area contributed by atoms with Gasteiger partial charge in [0.25, 0.3) is 5.91 Å². The molecule has 0 aliphatic carbocycles. The zero-order valence-corrected chi connectivity index (χ0v) is 19.2. The van der Waals surface area contributed by atoms with Crippen molar-refractivity contribution in [2.45, 2.75) is 44.9 Å². The third kappa shape index (κ3) is 4.72. The second-order valence-electron chi connectivity index (χ2n) is 8.35. The molecular weight excluding hydrogens is 433 g/mol. The van der Waals surface area contributed by atoms with Gasteiger partial charge in [-0.2, -0.15) is 0 Å². The van der Waals surface area contributed by atoms with E-state index in [9.17, 15) is 28.1 Å². The first-order valence-electron chi connectivity index (χ1n) is 10.2. The summed E-state index contributed by atoms with van der Waals surface area (Å²) >= 11 is 0. The van der Waals surface area contributed by atoms with Gasteiger partial charge in [0.15, 0.2) is 9.84 Å². The number of benzene rings is 2. The molecule has 0 saturated carbocycles. The molecule has 0 fully saturated rings. The summed E-state index contributed by atoms with van der Waals surface area (Å²) in [6.45, 7) is 5.37. The molecule has 2 N–H and O–H groups in total. The van der Waals surface area contributed by atoms with Gasteiger partial charge in [0.05, 0.1) is 11.5 Å². The van der Waals surface area contributed by atoms with Crippen molar-refractivity contribution < 1.29 is 32.8 Å². The molecule has 0 radical (unpaired) electrons. The number of carboxylic acids is 1. The van der Waals surface area contributed by atoms with Crippen molar-refractivity contribution in [1.82, 2.24) is 4.90 Å². The maximum absolute atomic E-state index is 13.6. The largest absolute Gasteiger partial charge is 0.492 e. The average molecular weight is 459 g/mol. The molecule has 1 aliphatic rings. The Morgan fingerprint density at radius 3 is 2.31 bits per heavy atom. The lowest BCUT2D eigenvalue weighted by Gasteiger charge is -2.32. The van der Waals surface area contributed by atoms with E-state index in [0.29, 0.717) is 16.6 Å². The number of hydrogen-bond acceptors (Lipinski definition) is 6. The van der Waals surface area contributed by atoms with Crippen LogP contribution in [0.2, 0.25) is 0 Å². The normalized spacial score (nSPS) is 14.4. The molecule has 32 heavy (non-hydrogen) atoms. The molecule has 3 rings (SSSR count). The van der Waals surface area contributed by atoms with E-state index in [-0.39, 0.29) is 29.5 Å². The smallest absolute Gasteiger partial charge is 0.480 e. The summed E-state index contributed by atoms with van der Waals surface area (Å²) in [7, 11) is -4.51. The van der Waals surface area contributed by atoms with Crippen LogP contribution in [0, 0.1) is 12.8 Å². The second kappa shape index (κ2) is 9.05. The first-order chi connectivity index (χ1) is 14.9. The Bertz CT molecular complexity index is 1150.